The van der Waals surface area contributed by atoms with E-state index in [1.54, 1.807) is 0 Å². The van der Waals surface area contributed by atoms with Crippen molar-refractivity contribution in [3.05, 3.63) is 48.6 Å². The van der Waals surface area contributed by atoms with Crippen LogP contribution in [0.5, 0.6) is 0 Å². The van der Waals surface area contributed by atoms with Gasteiger partial charge in [0.1, 0.15) is 0 Å². The fraction of sp³-hybridized carbons (Fsp3) is 0.609. The second-order valence-electron chi connectivity index (χ2n) is 6.59. The van der Waals surface area contributed by atoms with Crippen molar-refractivity contribution < 1.29 is 9.90 Å². The number of aliphatic hydroxyl groups excluding tert-OH is 1. The standard InChI is InChI=1S/C23H39NO2/c1-3-4-5-6-7-8-9-10-11-12-14-17-22(2)18-15-13-16-19-23(26)24-20-21-25/h7-8,10-11,14-15,17-18,22,25H,3-6,9,12-13,16,19-21H2,1-2H3,(H,24,26)/b8-7-,11-10-,17-14-,18-15-/t22-/m1/s1. The molecule has 0 rings (SSSR count). The van der Waals surface area contributed by atoms with Crippen LogP contribution in [-0.2, 0) is 4.79 Å². The molecule has 0 aliphatic carbocycles. The molecule has 0 radical (unpaired) electrons. The van der Waals surface area contributed by atoms with Gasteiger partial charge in [0.2, 0.25) is 5.91 Å². The number of carbonyl (C=O) groups is 1. The van der Waals surface area contributed by atoms with Crippen LogP contribution in [0.1, 0.15) is 71.6 Å². The molecule has 0 saturated heterocycles. The maximum Gasteiger partial charge on any atom is 0.220 e. The van der Waals surface area contributed by atoms with Crippen LogP contribution < -0.4 is 5.32 Å². The molecule has 3 nitrogen and oxygen atoms in total. The van der Waals surface area contributed by atoms with Crippen LogP contribution in [0, 0.1) is 5.92 Å². The zero-order valence-electron chi connectivity index (χ0n) is 16.8. The molecule has 0 saturated carbocycles. The van der Waals surface area contributed by atoms with Crippen LogP contribution in [0.15, 0.2) is 48.6 Å². The largest absolute Gasteiger partial charge is 0.395 e. The number of aliphatic hydroxyl groups is 1. The van der Waals surface area contributed by atoms with Crippen LogP contribution in [0.25, 0.3) is 0 Å². The molecule has 2 N–H and O–H groups in total. The summed E-state index contributed by atoms with van der Waals surface area (Å²) in [6, 6.07) is 0. The zero-order valence-corrected chi connectivity index (χ0v) is 16.8. The Morgan fingerprint density at radius 1 is 0.923 bits per heavy atom. The molecule has 0 spiro atoms. The molecule has 1 atom stereocenters. The average molecular weight is 362 g/mol. The fourth-order valence-electron chi connectivity index (χ4n) is 2.41. The highest BCUT2D eigenvalue weighted by molar-refractivity contribution is 5.75. The van der Waals surface area contributed by atoms with Crippen LogP contribution in [0.4, 0.5) is 0 Å². The number of unbranched alkanes of at least 4 members (excludes halogenated alkanes) is 4. The third kappa shape index (κ3) is 18.7. The van der Waals surface area contributed by atoms with Crippen molar-refractivity contribution >= 4 is 5.91 Å². The summed E-state index contributed by atoms with van der Waals surface area (Å²) in [6.07, 6.45) is 27.2. The lowest BCUT2D eigenvalue weighted by Crippen LogP contribution is -2.25. The van der Waals surface area contributed by atoms with Gasteiger partial charge in [-0.25, -0.2) is 0 Å². The summed E-state index contributed by atoms with van der Waals surface area (Å²) in [5.41, 5.74) is 0. The Hall–Kier alpha value is -1.61. The van der Waals surface area contributed by atoms with Gasteiger partial charge in [0, 0.05) is 13.0 Å². The minimum absolute atomic E-state index is 0.000425. The smallest absolute Gasteiger partial charge is 0.220 e. The van der Waals surface area contributed by atoms with Crippen LogP contribution in [0.2, 0.25) is 0 Å². The molecule has 0 bridgehead atoms. The van der Waals surface area contributed by atoms with E-state index in [0.717, 1.165) is 25.7 Å². The first-order valence-corrected chi connectivity index (χ1v) is 10.2. The van der Waals surface area contributed by atoms with E-state index in [0.29, 0.717) is 18.9 Å². The van der Waals surface area contributed by atoms with E-state index >= 15 is 0 Å². The molecule has 0 aromatic carbocycles. The summed E-state index contributed by atoms with van der Waals surface area (Å²) in [5, 5.41) is 11.3. The van der Waals surface area contributed by atoms with Gasteiger partial charge in [-0.15, -0.1) is 0 Å². The first-order chi connectivity index (χ1) is 12.7. The number of hydrogen-bond acceptors (Lipinski definition) is 2. The maximum atomic E-state index is 11.4. The van der Waals surface area contributed by atoms with E-state index in [-0.39, 0.29) is 12.5 Å². The van der Waals surface area contributed by atoms with Gasteiger partial charge in [-0.3, -0.25) is 4.79 Å². The molecule has 0 unspecified atom stereocenters. The maximum absolute atomic E-state index is 11.4. The van der Waals surface area contributed by atoms with Crippen molar-refractivity contribution in [1.82, 2.24) is 5.32 Å². The second kappa shape index (κ2) is 19.7. The fourth-order valence-corrected chi connectivity index (χ4v) is 2.41. The molecule has 0 fully saturated rings. The third-order valence-electron chi connectivity index (χ3n) is 3.94. The number of allylic oxidation sites excluding steroid dienone is 8. The van der Waals surface area contributed by atoms with E-state index in [9.17, 15) is 4.79 Å². The molecule has 26 heavy (non-hydrogen) atoms. The number of amides is 1. The van der Waals surface area contributed by atoms with E-state index in [2.05, 4.69) is 67.8 Å². The lowest BCUT2D eigenvalue weighted by atomic mass is 10.1. The Morgan fingerprint density at radius 3 is 2.31 bits per heavy atom. The van der Waals surface area contributed by atoms with Gasteiger partial charge in [-0.1, -0.05) is 75.3 Å². The van der Waals surface area contributed by atoms with E-state index < -0.39 is 0 Å². The first kappa shape index (κ1) is 24.4. The van der Waals surface area contributed by atoms with E-state index in [4.69, 9.17) is 5.11 Å². The normalized spacial score (nSPS) is 13.5. The SMILES string of the molecule is CCCCC/C=C\C/C=C\C/C=C\[C@@H](C)/C=C\CCCC(=O)NCCO. The Kier molecular flexibility index (Phi) is 18.5. The predicted octanol–water partition coefficient (Wildman–Crippen LogP) is 5.49. The van der Waals surface area contributed by atoms with Gasteiger partial charge in [-0.2, -0.15) is 0 Å². The molecule has 0 aliphatic heterocycles. The van der Waals surface area contributed by atoms with Gasteiger partial charge in [0.05, 0.1) is 6.61 Å². The van der Waals surface area contributed by atoms with E-state index in [1.807, 2.05) is 0 Å². The Bertz CT molecular complexity index is 435. The van der Waals surface area contributed by atoms with Crippen molar-refractivity contribution in [3.63, 3.8) is 0 Å². The van der Waals surface area contributed by atoms with Crippen molar-refractivity contribution in [2.24, 2.45) is 5.92 Å². The topological polar surface area (TPSA) is 49.3 Å². The van der Waals surface area contributed by atoms with Crippen LogP contribution >= 0.6 is 0 Å². The van der Waals surface area contributed by atoms with Gasteiger partial charge in [0.25, 0.3) is 0 Å². The number of hydrogen-bond donors (Lipinski definition) is 2. The lowest BCUT2D eigenvalue weighted by molar-refractivity contribution is -0.121. The van der Waals surface area contributed by atoms with Crippen LogP contribution in [0.3, 0.4) is 0 Å². The lowest BCUT2D eigenvalue weighted by Gasteiger charge is -2.01. The average Bonchev–Trinajstić information content (AvgIpc) is 2.64. The minimum atomic E-state index is 0.000425. The molecule has 0 aromatic heterocycles. The Labute approximate surface area is 161 Å². The molecule has 0 aromatic rings. The number of carbonyl (C=O) groups excluding carboxylic acids is 1. The van der Waals surface area contributed by atoms with Gasteiger partial charge < -0.3 is 10.4 Å². The second-order valence-corrected chi connectivity index (χ2v) is 6.59. The first-order valence-electron chi connectivity index (χ1n) is 10.2. The number of nitrogens with one attached hydrogen (secondary N) is 1. The van der Waals surface area contributed by atoms with Crippen molar-refractivity contribution in [2.45, 2.75) is 71.6 Å². The summed E-state index contributed by atoms with van der Waals surface area (Å²) in [6.45, 7) is 4.75. The Morgan fingerprint density at radius 2 is 1.58 bits per heavy atom. The quantitative estimate of drug-likeness (QED) is 0.282. The molecule has 1 amide bonds. The third-order valence-corrected chi connectivity index (χ3v) is 3.94. The highest BCUT2D eigenvalue weighted by atomic mass is 16.3. The molecular formula is C23H39NO2. The van der Waals surface area contributed by atoms with Gasteiger partial charge >= 0.3 is 0 Å². The van der Waals surface area contributed by atoms with Crippen LogP contribution in [-0.4, -0.2) is 24.2 Å². The number of rotatable bonds is 16. The highest BCUT2D eigenvalue weighted by Gasteiger charge is 1.98. The molecule has 148 valence electrons. The van der Waals surface area contributed by atoms with Gasteiger partial charge in [0.15, 0.2) is 0 Å². The molecular weight excluding hydrogens is 322 g/mol. The summed E-state index contributed by atoms with van der Waals surface area (Å²) in [4.78, 5) is 11.4. The summed E-state index contributed by atoms with van der Waals surface area (Å²) in [7, 11) is 0. The van der Waals surface area contributed by atoms with Crippen molar-refractivity contribution in [2.75, 3.05) is 13.2 Å². The van der Waals surface area contributed by atoms with E-state index in [1.165, 1.54) is 25.7 Å². The molecule has 0 heterocycles. The minimum Gasteiger partial charge on any atom is -0.395 e. The summed E-state index contributed by atoms with van der Waals surface area (Å²) in [5.74, 6) is 0.438. The van der Waals surface area contributed by atoms with Gasteiger partial charge in [-0.05, 0) is 44.4 Å². The molecule has 3 heteroatoms. The summed E-state index contributed by atoms with van der Waals surface area (Å²) < 4.78 is 0. The summed E-state index contributed by atoms with van der Waals surface area (Å²) >= 11 is 0. The molecule has 0 aliphatic rings. The zero-order chi connectivity index (χ0) is 19.3. The van der Waals surface area contributed by atoms with Crippen molar-refractivity contribution in [3.8, 4) is 0 Å². The predicted molar refractivity (Wildman–Crippen MR) is 113 cm³/mol. The monoisotopic (exact) mass is 361 g/mol. The van der Waals surface area contributed by atoms with Crippen molar-refractivity contribution in [1.29, 1.82) is 0 Å². The highest BCUT2D eigenvalue weighted by Crippen LogP contribution is 2.05. The Balaban J connectivity index is 3.65.